The number of hydrazone groups is 1. The first-order valence-corrected chi connectivity index (χ1v) is 9.26. The maximum absolute atomic E-state index is 13.2. The summed E-state index contributed by atoms with van der Waals surface area (Å²) < 4.78 is 23.6. The van der Waals surface area contributed by atoms with Gasteiger partial charge >= 0.3 is 5.97 Å². The number of esters is 1. The summed E-state index contributed by atoms with van der Waals surface area (Å²) >= 11 is 0. The molecule has 0 unspecified atom stereocenters. The van der Waals surface area contributed by atoms with Crippen molar-refractivity contribution in [1.29, 1.82) is 0 Å². The van der Waals surface area contributed by atoms with Crippen LogP contribution in [0.1, 0.15) is 21.5 Å². The highest BCUT2D eigenvalue weighted by molar-refractivity contribution is 5.95. The molecular weight excluding hydrogens is 399 g/mol. The number of methoxy groups -OCH3 is 1. The third-order valence-corrected chi connectivity index (χ3v) is 4.07. The van der Waals surface area contributed by atoms with Crippen molar-refractivity contribution in [3.63, 3.8) is 0 Å². The van der Waals surface area contributed by atoms with E-state index in [-0.39, 0.29) is 5.56 Å². The van der Waals surface area contributed by atoms with E-state index in [4.69, 9.17) is 9.47 Å². The maximum Gasteiger partial charge on any atom is 0.336 e. The molecule has 3 aromatic carbocycles. The number of benzene rings is 3. The number of amides is 1. The van der Waals surface area contributed by atoms with Gasteiger partial charge in [0.2, 0.25) is 0 Å². The zero-order valence-corrected chi connectivity index (χ0v) is 16.6. The third kappa shape index (κ3) is 6.64. The number of hydrogen-bond donors (Lipinski definition) is 1. The number of halogens is 1. The molecule has 31 heavy (non-hydrogen) atoms. The molecule has 0 aromatic heterocycles. The topological polar surface area (TPSA) is 77.0 Å². The van der Waals surface area contributed by atoms with Gasteiger partial charge in [0.25, 0.3) is 5.91 Å². The monoisotopic (exact) mass is 418 g/mol. The second-order valence-electron chi connectivity index (χ2n) is 6.31. The van der Waals surface area contributed by atoms with Gasteiger partial charge in [0, 0.05) is 11.6 Å². The number of hydrogen-bond acceptors (Lipinski definition) is 5. The van der Waals surface area contributed by atoms with E-state index in [9.17, 15) is 14.0 Å². The van der Waals surface area contributed by atoms with Crippen molar-refractivity contribution in [3.05, 3.63) is 101 Å². The summed E-state index contributed by atoms with van der Waals surface area (Å²) in [6.45, 7) is 0. The van der Waals surface area contributed by atoms with Gasteiger partial charge in [-0.1, -0.05) is 30.3 Å². The maximum atomic E-state index is 13.2. The lowest BCUT2D eigenvalue weighted by Crippen LogP contribution is -2.17. The zero-order valence-electron chi connectivity index (χ0n) is 16.6. The quantitative estimate of drug-likeness (QED) is 0.205. The SMILES string of the molecule is COc1ccc(/C=C\C(=O)Oc2cccc(C=NNC(=O)c3cccc(F)c3)c2)cc1. The first-order valence-electron chi connectivity index (χ1n) is 9.26. The molecule has 0 atom stereocenters. The van der Waals surface area contributed by atoms with Crippen molar-refractivity contribution in [1.82, 2.24) is 5.43 Å². The fraction of sp³-hybridized carbons (Fsp3) is 0.0417. The standard InChI is InChI=1S/C24H19FN2O4/c1-30-21-11-8-17(9-12-21)10-13-23(28)31-22-7-2-4-18(14-22)16-26-27-24(29)19-5-3-6-20(25)15-19/h2-16H,1H3,(H,27,29)/b13-10-,26-16?. The van der Waals surface area contributed by atoms with Crippen LogP contribution in [0.2, 0.25) is 0 Å². The van der Waals surface area contributed by atoms with Gasteiger partial charge in [-0.15, -0.1) is 0 Å². The minimum Gasteiger partial charge on any atom is -0.497 e. The molecule has 156 valence electrons. The Morgan fingerprint density at radius 2 is 1.71 bits per heavy atom. The fourth-order valence-electron chi connectivity index (χ4n) is 2.55. The Hall–Kier alpha value is -4.26. The number of nitrogens with one attached hydrogen (secondary N) is 1. The molecule has 0 aliphatic carbocycles. The number of rotatable bonds is 7. The lowest BCUT2D eigenvalue weighted by Gasteiger charge is -2.03. The largest absolute Gasteiger partial charge is 0.497 e. The summed E-state index contributed by atoms with van der Waals surface area (Å²) in [5.74, 6) is -0.534. The van der Waals surface area contributed by atoms with Crippen LogP contribution in [0.5, 0.6) is 11.5 Å². The van der Waals surface area contributed by atoms with Crippen LogP contribution >= 0.6 is 0 Å². The van der Waals surface area contributed by atoms with E-state index in [0.29, 0.717) is 11.3 Å². The Morgan fingerprint density at radius 1 is 0.935 bits per heavy atom. The first kappa shape index (κ1) is 21.4. The lowest BCUT2D eigenvalue weighted by molar-refractivity contribution is -0.128. The molecule has 3 rings (SSSR count). The van der Waals surface area contributed by atoms with E-state index in [1.54, 1.807) is 49.6 Å². The Bertz CT molecular complexity index is 1120. The molecule has 6 nitrogen and oxygen atoms in total. The molecule has 0 spiro atoms. The molecule has 1 amide bonds. The minimum absolute atomic E-state index is 0.156. The minimum atomic E-state index is -0.540. The first-order chi connectivity index (χ1) is 15.0. The van der Waals surface area contributed by atoms with Crippen LogP contribution in [0.25, 0.3) is 6.08 Å². The summed E-state index contributed by atoms with van der Waals surface area (Å²) in [5.41, 5.74) is 3.90. The Morgan fingerprint density at radius 3 is 2.45 bits per heavy atom. The van der Waals surface area contributed by atoms with Gasteiger partial charge < -0.3 is 9.47 Å². The van der Waals surface area contributed by atoms with Gasteiger partial charge in [-0.2, -0.15) is 5.10 Å². The molecule has 0 heterocycles. The smallest absolute Gasteiger partial charge is 0.336 e. The molecule has 0 aliphatic heterocycles. The number of ether oxygens (including phenoxy) is 2. The normalized spacial score (nSPS) is 10.9. The predicted molar refractivity (Wildman–Crippen MR) is 116 cm³/mol. The van der Waals surface area contributed by atoms with Crippen molar-refractivity contribution in [2.75, 3.05) is 7.11 Å². The fourth-order valence-corrected chi connectivity index (χ4v) is 2.55. The van der Waals surface area contributed by atoms with E-state index in [2.05, 4.69) is 10.5 Å². The van der Waals surface area contributed by atoms with E-state index in [0.717, 1.165) is 17.4 Å². The van der Waals surface area contributed by atoms with E-state index >= 15 is 0 Å². The van der Waals surface area contributed by atoms with Gasteiger partial charge in [-0.25, -0.2) is 14.6 Å². The van der Waals surface area contributed by atoms with Crippen molar-refractivity contribution in [2.24, 2.45) is 5.10 Å². The summed E-state index contributed by atoms with van der Waals surface area (Å²) in [7, 11) is 1.58. The Kier molecular flexibility index (Phi) is 7.26. The van der Waals surface area contributed by atoms with Gasteiger partial charge in [-0.05, 0) is 59.7 Å². The predicted octanol–water partition coefficient (Wildman–Crippen LogP) is 4.22. The van der Waals surface area contributed by atoms with Gasteiger partial charge in [0.15, 0.2) is 0 Å². The van der Waals surface area contributed by atoms with Gasteiger partial charge in [0.05, 0.1) is 13.3 Å². The third-order valence-electron chi connectivity index (χ3n) is 4.07. The molecule has 1 N–H and O–H groups in total. The van der Waals surface area contributed by atoms with Gasteiger partial charge in [0.1, 0.15) is 17.3 Å². The van der Waals surface area contributed by atoms with Crippen LogP contribution in [0.4, 0.5) is 4.39 Å². The van der Waals surface area contributed by atoms with Gasteiger partial charge in [-0.3, -0.25) is 4.79 Å². The zero-order chi connectivity index (χ0) is 22.1. The van der Waals surface area contributed by atoms with Crippen LogP contribution in [-0.2, 0) is 4.79 Å². The molecule has 0 aliphatic rings. The van der Waals surface area contributed by atoms with E-state index < -0.39 is 17.7 Å². The van der Waals surface area contributed by atoms with Crippen LogP contribution in [0, 0.1) is 5.82 Å². The van der Waals surface area contributed by atoms with Crippen LogP contribution < -0.4 is 14.9 Å². The van der Waals surface area contributed by atoms with Crippen LogP contribution in [0.15, 0.2) is 84.0 Å². The number of carbonyl (C=O) groups excluding carboxylic acids is 2. The average Bonchev–Trinajstić information content (AvgIpc) is 2.78. The van der Waals surface area contributed by atoms with E-state index in [1.165, 1.54) is 30.5 Å². The Labute approximate surface area is 178 Å². The van der Waals surface area contributed by atoms with E-state index in [1.807, 2.05) is 12.1 Å². The molecule has 0 saturated carbocycles. The number of nitrogens with zero attached hydrogens (tertiary/aromatic N) is 1. The lowest BCUT2D eigenvalue weighted by atomic mass is 10.2. The highest BCUT2D eigenvalue weighted by Gasteiger charge is 2.05. The highest BCUT2D eigenvalue weighted by atomic mass is 19.1. The molecule has 0 fully saturated rings. The molecule has 0 bridgehead atoms. The van der Waals surface area contributed by atoms with Crippen molar-refractivity contribution < 1.29 is 23.5 Å². The van der Waals surface area contributed by atoms with Crippen molar-refractivity contribution in [3.8, 4) is 11.5 Å². The number of carbonyl (C=O) groups is 2. The second-order valence-corrected chi connectivity index (χ2v) is 6.31. The molecule has 0 saturated heterocycles. The molecule has 7 heteroatoms. The van der Waals surface area contributed by atoms with Crippen LogP contribution in [0.3, 0.4) is 0 Å². The average molecular weight is 418 g/mol. The summed E-state index contributed by atoms with van der Waals surface area (Å²) in [4.78, 5) is 24.0. The molecule has 3 aromatic rings. The second kappa shape index (κ2) is 10.5. The molecule has 0 radical (unpaired) electrons. The summed E-state index contributed by atoms with van der Waals surface area (Å²) in [6.07, 6.45) is 4.35. The Balaban J connectivity index is 1.56. The van der Waals surface area contributed by atoms with Crippen LogP contribution in [-0.4, -0.2) is 25.2 Å². The highest BCUT2D eigenvalue weighted by Crippen LogP contribution is 2.14. The summed E-state index contributed by atoms with van der Waals surface area (Å²) in [5, 5.41) is 3.85. The molecular formula is C24H19FN2O4. The summed E-state index contributed by atoms with van der Waals surface area (Å²) in [6, 6.07) is 19.1. The van der Waals surface area contributed by atoms with Crippen molar-refractivity contribution >= 4 is 24.2 Å². The van der Waals surface area contributed by atoms with Crippen molar-refractivity contribution in [2.45, 2.75) is 0 Å².